The van der Waals surface area contributed by atoms with Gasteiger partial charge in [0.15, 0.2) is 0 Å². The van der Waals surface area contributed by atoms with Crippen molar-refractivity contribution in [1.29, 1.82) is 0 Å². The van der Waals surface area contributed by atoms with Crippen LogP contribution in [-0.2, 0) is 10.4 Å². The molecule has 2 aliphatic heterocycles. The van der Waals surface area contributed by atoms with Crippen LogP contribution in [-0.4, -0.2) is 153 Å². The molecule has 0 saturated heterocycles. The normalized spacial score (nSPS) is 14.0. The van der Waals surface area contributed by atoms with Crippen LogP contribution in [0.5, 0.6) is 0 Å². The van der Waals surface area contributed by atoms with Gasteiger partial charge >= 0.3 is 0 Å². The predicted molar refractivity (Wildman–Crippen MR) is 229 cm³/mol. The number of carbonyl (C=O) groups is 4. The summed E-state index contributed by atoms with van der Waals surface area (Å²) in [6.45, 7) is 4.49. The molecule has 2 aliphatic rings. The van der Waals surface area contributed by atoms with Gasteiger partial charge in [-0.1, -0.05) is 24.3 Å². The van der Waals surface area contributed by atoms with Crippen molar-refractivity contribution < 1.29 is 45.7 Å². The summed E-state index contributed by atoms with van der Waals surface area (Å²) in [5.74, 6) is -0.0222. The molecule has 0 saturated carbocycles. The number of quaternary nitrogens is 2. The number of thiol groups is 2. The van der Waals surface area contributed by atoms with Gasteiger partial charge in [0.2, 0.25) is 0 Å². The van der Waals surface area contributed by atoms with Crippen molar-refractivity contribution in [3.63, 3.8) is 0 Å². The third-order valence-corrected chi connectivity index (χ3v) is 9.67. The van der Waals surface area contributed by atoms with Gasteiger partial charge in [0, 0.05) is 116 Å². The van der Waals surface area contributed by atoms with E-state index in [1.165, 1.54) is 9.80 Å². The zero-order valence-corrected chi connectivity index (χ0v) is 35.8. The van der Waals surface area contributed by atoms with E-state index in [9.17, 15) is 19.2 Å². The number of carbonyl (C=O) groups excluding carboxylic acids is 4. The van der Waals surface area contributed by atoms with Gasteiger partial charge in [-0.15, -0.1) is 0 Å². The third-order valence-electron chi connectivity index (χ3n) is 9.27. The Kier molecular flexibility index (Phi) is 15.2. The number of nitrogens with zero attached hydrogens (tertiary/aromatic N) is 4. The molecule has 0 aromatic heterocycles. The molecule has 0 aliphatic carbocycles. The quantitative estimate of drug-likeness (QED) is 0.0355. The first-order valence-electron chi connectivity index (χ1n) is 18.5. The van der Waals surface area contributed by atoms with Gasteiger partial charge in [-0.2, -0.15) is 25.3 Å². The summed E-state index contributed by atoms with van der Waals surface area (Å²) in [7, 11) is 7.89. The highest BCUT2D eigenvalue weighted by Gasteiger charge is 2.34. The number of amides is 4. The molecule has 2 N–H and O–H groups in total. The highest BCUT2D eigenvalue weighted by atomic mass is 32.3. The molecule has 0 atom stereocenters. The van der Waals surface area contributed by atoms with Crippen LogP contribution in [0, 0.1) is 0 Å². The van der Waals surface area contributed by atoms with Crippen LogP contribution >= 0.6 is 25.3 Å². The fourth-order valence-electron chi connectivity index (χ4n) is 6.76. The fraction of sp³-hybridized carbons (Fsp3) is 0.400. The summed E-state index contributed by atoms with van der Waals surface area (Å²) in [6.07, 6.45) is 2.08. The Bertz CT molecular complexity index is 2060. The van der Waals surface area contributed by atoms with E-state index >= 15 is 0 Å². The van der Waals surface area contributed by atoms with E-state index in [2.05, 4.69) is 78.2 Å². The molecule has 17 heteroatoms. The molecular formula is C40H52N6O8S3. The Morgan fingerprint density at radius 2 is 0.877 bits per heavy atom. The van der Waals surface area contributed by atoms with Crippen molar-refractivity contribution in [2.45, 2.75) is 12.8 Å². The zero-order chi connectivity index (χ0) is 42.3. The van der Waals surface area contributed by atoms with Gasteiger partial charge in [0.25, 0.3) is 23.6 Å². The average Bonchev–Trinajstić information content (AvgIpc) is 3.12. The van der Waals surface area contributed by atoms with Gasteiger partial charge < -0.3 is 28.7 Å². The minimum atomic E-state index is -5.17. The Balaban J connectivity index is 0.000000226. The SMILES string of the molecule is C[N+](C)(C)CCCNc1ccc2c3c(cccc13)C(=O)N(CCS)C2=O.C[N+](C)(C)CCCNc1ccc2c3c(cccc13)C(=O)N(CCS)C2=O.O=S(=O)([O-])[O-]. The molecular weight excluding hydrogens is 789 g/mol. The topological polar surface area (TPSA) is 179 Å². The van der Waals surface area contributed by atoms with E-state index in [0.29, 0.717) is 46.8 Å². The maximum Gasteiger partial charge on any atom is 0.261 e. The zero-order valence-electron chi connectivity index (χ0n) is 33.2. The van der Waals surface area contributed by atoms with Crippen LogP contribution in [0.25, 0.3) is 21.5 Å². The smallest absolute Gasteiger partial charge is 0.261 e. The van der Waals surface area contributed by atoms with E-state index in [-0.39, 0.29) is 23.6 Å². The monoisotopic (exact) mass is 840 g/mol. The molecule has 0 radical (unpaired) electrons. The number of rotatable bonds is 14. The molecule has 6 rings (SSSR count). The first kappa shape index (κ1) is 45.5. The second-order valence-electron chi connectivity index (χ2n) is 15.7. The van der Waals surface area contributed by atoms with Crippen LogP contribution in [0.3, 0.4) is 0 Å². The van der Waals surface area contributed by atoms with Gasteiger partial charge in [0.1, 0.15) is 0 Å². The molecule has 0 unspecified atom stereocenters. The van der Waals surface area contributed by atoms with Crippen molar-refractivity contribution >= 4 is 92.2 Å². The fourth-order valence-corrected chi connectivity index (χ4v) is 7.16. The van der Waals surface area contributed by atoms with Crippen molar-refractivity contribution in [2.24, 2.45) is 0 Å². The van der Waals surface area contributed by atoms with Crippen molar-refractivity contribution in [1.82, 2.24) is 9.80 Å². The summed E-state index contributed by atoms with van der Waals surface area (Å²) in [5.41, 5.74) is 4.30. The van der Waals surface area contributed by atoms with E-state index in [1.807, 2.05) is 48.5 Å². The molecule has 308 valence electrons. The third kappa shape index (κ3) is 11.9. The summed E-state index contributed by atoms with van der Waals surface area (Å²) in [4.78, 5) is 53.5. The molecule has 0 spiro atoms. The lowest BCUT2D eigenvalue weighted by atomic mass is 9.93. The molecule has 4 amide bonds. The second-order valence-corrected chi connectivity index (χ2v) is 17.5. The average molecular weight is 841 g/mol. The summed E-state index contributed by atoms with van der Waals surface area (Å²) in [6, 6.07) is 18.8. The summed E-state index contributed by atoms with van der Waals surface area (Å²) < 4.78 is 35.9. The number of anilines is 2. The Morgan fingerprint density at radius 3 is 1.18 bits per heavy atom. The van der Waals surface area contributed by atoms with E-state index in [1.54, 1.807) is 12.1 Å². The highest BCUT2D eigenvalue weighted by molar-refractivity contribution is 7.80. The molecule has 14 nitrogen and oxygen atoms in total. The predicted octanol–water partition coefficient (Wildman–Crippen LogP) is 4.41. The van der Waals surface area contributed by atoms with Crippen molar-refractivity contribution in [2.75, 3.05) is 104 Å². The van der Waals surface area contributed by atoms with Crippen molar-refractivity contribution in [3.8, 4) is 0 Å². The molecule has 0 bridgehead atoms. The maximum absolute atomic E-state index is 12.7. The lowest BCUT2D eigenvalue weighted by Crippen LogP contribution is -2.41. The van der Waals surface area contributed by atoms with Crippen LogP contribution < -0.4 is 10.6 Å². The second kappa shape index (κ2) is 19.0. The first-order chi connectivity index (χ1) is 26.7. The van der Waals surface area contributed by atoms with E-state index < -0.39 is 10.4 Å². The van der Waals surface area contributed by atoms with Gasteiger partial charge in [-0.25, -0.2) is 0 Å². The number of hydrogen-bond donors (Lipinski definition) is 4. The van der Waals surface area contributed by atoms with Crippen LogP contribution in [0.4, 0.5) is 11.4 Å². The summed E-state index contributed by atoms with van der Waals surface area (Å²) in [5, 5.41) is 10.3. The van der Waals surface area contributed by atoms with Crippen molar-refractivity contribution in [3.05, 3.63) is 82.9 Å². The molecule has 57 heavy (non-hydrogen) atoms. The lowest BCUT2D eigenvalue weighted by molar-refractivity contribution is -0.870. The first-order valence-corrected chi connectivity index (χ1v) is 21.1. The number of nitrogens with one attached hydrogen (secondary N) is 2. The Hall–Kier alpha value is -4.23. The molecule has 2 heterocycles. The van der Waals surface area contributed by atoms with Gasteiger partial charge in [0.05, 0.1) is 55.4 Å². The molecule has 4 aromatic carbocycles. The Morgan fingerprint density at radius 1 is 0.561 bits per heavy atom. The minimum absolute atomic E-state index is 0.232. The lowest BCUT2D eigenvalue weighted by Gasteiger charge is -2.27. The van der Waals surface area contributed by atoms with Crippen LogP contribution in [0.1, 0.15) is 54.3 Å². The molecule has 0 fully saturated rings. The van der Waals surface area contributed by atoms with Crippen LogP contribution in [0.15, 0.2) is 60.7 Å². The Labute approximate surface area is 345 Å². The minimum Gasteiger partial charge on any atom is -0.759 e. The highest BCUT2D eigenvalue weighted by Crippen LogP contribution is 2.36. The summed E-state index contributed by atoms with van der Waals surface area (Å²) >= 11 is 8.34. The largest absolute Gasteiger partial charge is 0.759 e. The maximum atomic E-state index is 12.7. The van der Waals surface area contributed by atoms with E-state index in [4.69, 9.17) is 17.5 Å². The number of benzene rings is 4. The number of imide groups is 2. The van der Waals surface area contributed by atoms with Gasteiger partial charge in [-0.05, 0) is 36.4 Å². The number of hydrogen-bond acceptors (Lipinski definition) is 12. The van der Waals surface area contributed by atoms with Crippen LogP contribution in [0.2, 0.25) is 0 Å². The molecule has 4 aromatic rings. The van der Waals surface area contributed by atoms with Gasteiger partial charge in [-0.3, -0.25) is 37.4 Å². The standard InChI is InChI=1S/2C20H25N3O2S.H2O4S/c2*1-23(2,3)12-5-10-21-17-9-8-16-18-14(17)6-4-7-15(18)19(24)22(11-13-26)20(16)25;1-5(2,3)4/h2*4,6-9,21H,5,10-13H2,1-3H3;(H2,1,2,3,4). The van der Waals surface area contributed by atoms with E-state index in [0.717, 1.165) is 80.9 Å².